The first kappa shape index (κ1) is 16.2. The minimum absolute atomic E-state index is 0.135. The van der Waals surface area contributed by atoms with Gasteiger partial charge in [-0.15, -0.1) is 0 Å². The fourth-order valence-electron chi connectivity index (χ4n) is 3.38. The zero-order valence-electron chi connectivity index (χ0n) is 13.1. The number of likely N-dealkylation sites (tertiary alicyclic amines) is 1. The van der Waals surface area contributed by atoms with Crippen molar-refractivity contribution in [3.05, 3.63) is 0 Å². The average molecular weight is 297 g/mol. The third kappa shape index (κ3) is 3.74. The molecule has 0 spiro atoms. The molecule has 1 N–H and O–H groups in total. The molecule has 2 saturated heterocycles. The van der Waals surface area contributed by atoms with Crippen LogP contribution in [0.25, 0.3) is 0 Å². The monoisotopic (exact) mass is 297 g/mol. The van der Waals surface area contributed by atoms with Crippen LogP contribution in [0, 0.1) is 0 Å². The standard InChI is InChI=1S/C15H27N3O3/c1-12-4-3-5-13(2)18(12)15(21)14(20)17-8-6-16(7-9-17)10-11-19/h12-13,19H,3-11H2,1-2H3. The lowest BCUT2D eigenvalue weighted by Crippen LogP contribution is -2.57. The first-order chi connectivity index (χ1) is 10.0. The van der Waals surface area contributed by atoms with Crippen molar-refractivity contribution in [1.82, 2.24) is 14.7 Å². The molecule has 6 nitrogen and oxygen atoms in total. The van der Waals surface area contributed by atoms with Crippen LogP contribution in [-0.4, -0.2) is 83.0 Å². The van der Waals surface area contributed by atoms with Crippen molar-refractivity contribution in [2.24, 2.45) is 0 Å². The number of aliphatic hydroxyl groups is 1. The van der Waals surface area contributed by atoms with Gasteiger partial charge >= 0.3 is 11.8 Å². The molecule has 0 aromatic rings. The molecule has 0 aromatic carbocycles. The van der Waals surface area contributed by atoms with Crippen molar-refractivity contribution < 1.29 is 14.7 Å². The molecular weight excluding hydrogens is 270 g/mol. The molecule has 2 heterocycles. The second kappa shape index (κ2) is 7.22. The van der Waals surface area contributed by atoms with E-state index in [4.69, 9.17) is 5.11 Å². The molecule has 21 heavy (non-hydrogen) atoms. The van der Waals surface area contributed by atoms with E-state index in [0.29, 0.717) is 19.6 Å². The van der Waals surface area contributed by atoms with Crippen molar-refractivity contribution in [2.75, 3.05) is 39.3 Å². The van der Waals surface area contributed by atoms with E-state index in [-0.39, 0.29) is 30.5 Å². The minimum Gasteiger partial charge on any atom is -0.395 e. The molecule has 2 atom stereocenters. The predicted molar refractivity (Wildman–Crippen MR) is 79.7 cm³/mol. The number of rotatable bonds is 2. The largest absolute Gasteiger partial charge is 0.395 e. The van der Waals surface area contributed by atoms with Crippen molar-refractivity contribution >= 4 is 11.8 Å². The molecule has 2 amide bonds. The second-order valence-electron chi connectivity index (χ2n) is 6.20. The summed E-state index contributed by atoms with van der Waals surface area (Å²) in [7, 11) is 0. The summed E-state index contributed by atoms with van der Waals surface area (Å²) < 4.78 is 0. The molecular formula is C15H27N3O3. The number of hydrogen-bond donors (Lipinski definition) is 1. The van der Waals surface area contributed by atoms with E-state index >= 15 is 0 Å². The number of aliphatic hydroxyl groups excluding tert-OH is 1. The van der Waals surface area contributed by atoms with Gasteiger partial charge in [0, 0.05) is 44.8 Å². The van der Waals surface area contributed by atoms with Crippen LogP contribution < -0.4 is 0 Å². The van der Waals surface area contributed by atoms with Gasteiger partial charge in [0.15, 0.2) is 0 Å². The zero-order chi connectivity index (χ0) is 15.4. The van der Waals surface area contributed by atoms with Crippen LogP contribution in [0.5, 0.6) is 0 Å². The van der Waals surface area contributed by atoms with E-state index in [2.05, 4.69) is 4.90 Å². The highest BCUT2D eigenvalue weighted by atomic mass is 16.3. The molecule has 120 valence electrons. The number of piperazine rings is 1. The van der Waals surface area contributed by atoms with Crippen molar-refractivity contribution in [3.63, 3.8) is 0 Å². The Morgan fingerprint density at radius 1 is 1.00 bits per heavy atom. The smallest absolute Gasteiger partial charge is 0.312 e. The number of piperidine rings is 1. The molecule has 2 unspecified atom stereocenters. The first-order valence-electron chi connectivity index (χ1n) is 7.99. The van der Waals surface area contributed by atoms with Crippen LogP contribution in [0.15, 0.2) is 0 Å². The molecule has 6 heteroatoms. The third-order valence-electron chi connectivity index (χ3n) is 4.69. The molecule has 2 rings (SSSR count). The Hall–Kier alpha value is -1.14. The number of carbonyl (C=O) groups is 2. The third-order valence-corrected chi connectivity index (χ3v) is 4.69. The van der Waals surface area contributed by atoms with Crippen LogP contribution in [0.1, 0.15) is 33.1 Å². The summed E-state index contributed by atoms with van der Waals surface area (Å²) >= 11 is 0. The van der Waals surface area contributed by atoms with Gasteiger partial charge in [-0.25, -0.2) is 0 Å². The number of amides is 2. The van der Waals surface area contributed by atoms with E-state index in [0.717, 1.165) is 32.4 Å². The van der Waals surface area contributed by atoms with Gasteiger partial charge in [-0.3, -0.25) is 14.5 Å². The minimum atomic E-state index is -0.362. The summed E-state index contributed by atoms with van der Waals surface area (Å²) in [6.45, 7) is 7.42. The molecule has 0 aromatic heterocycles. The van der Waals surface area contributed by atoms with Crippen molar-refractivity contribution in [1.29, 1.82) is 0 Å². The van der Waals surface area contributed by atoms with E-state index in [1.165, 1.54) is 0 Å². The van der Waals surface area contributed by atoms with Gasteiger partial charge in [0.25, 0.3) is 0 Å². The van der Waals surface area contributed by atoms with Crippen LogP contribution in [0.4, 0.5) is 0 Å². The van der Waals surface area contributed by atoms with Crippen molar-refractivity contribution in [3.8, 4) is 0 Å². The van der Waals surface area contributed by atoms with Crippen LogP contribution in [-0.2, 0) is 9.59 Å². The molecule has 0 saturated carbocycles. The average Bonchev–Trinajstić information content (AvgIpc) is 2.47. The molecule has 2 aliphatic rings. The maximum atomic E-state index is 12.5. The summed E-state index contributed by atoms with van der Waals surface area (Å²) in [5.74, 6) is -0.704. The van der Waals surface area contributed by atoms with Crippen molar-refractivity contribution in [2.45, 2.75) is 45.2 Å². The molecule has 0 bridgehead atoms. The molecule has 0 radical (unpaired) electrons. The highest BCUT2D eigenvalue weighted by Gasteiger charge is 2.35. The Kier molecular flexibility index (Phi) is 5.58. The van der Waals surface area contributed by atoms with Crippen LogP contribution >= 0.6 is 0 Å². The summed E-state index contributed by atoms with van der Waals surface area (Å²) in [6, 6.07) is 0.307. The van der Waals surface area contributed by atoms with Gasteiger partial charge in [-0.2, -0.15) is 0 Å². The van der Waals surface area contributed by atoms with Gasteiger partial charge in [-0.05, 0) is 33.1 Å². The van der Waals surface area contributed by atoms with E-state index in [9.17, 15) is 9.59 Å². The van der Waals surface area contributed by atoms with Gasteiger partial charge < -0.3 is 14.9 Å². The number of β-amino-alcohol motifs (C(OH)–C–C–N with tert-alkyl or cyclic N) is 1. The van der Waals surface area contributed by atoms with Gasteiger partial charge in [0.05, 0.1) is 6.61 Å². The van der Waals surface area contributed by atoms with E-state index in [1.54, 1.807) is 9.80 Å². The predicted octanol–water partition coefficient (Wildman–Crippen LogP) is -0.0876. The fraction of sp³-hybridized carbons (Fsp3) is 0.867. The number of hydrogen-bond acceptors (Lipinski definition) is 4. The Labute approximate surface area is 126 Å². The lowest BCUT2D eigenvalue weighted by atomic mass is 9.97. The Morgan fingerprint density at radius 3 is 2.10 bits per heavy atom. The number of carbonyl (C=O) groups excluding carboxylic acids is 2. The van der Waals surface area contributed by atoms with Gasteiger partial charge in [-0.1, -0.05) is 0 Å². The van der Waals surface area contributed by atoms with Gasteiger partial charge in [0.1, 0.15) is 0 Å². The fourth-order valence-corrected chi connectivity index (χ4v) is 3.38. The van der Waals surface area contributed by atoms with E-state index in [1.807, 2.05) is 13.8 Å². The summed E-state index contributed by atoms with van der Waals surface area (Å²) in [5.41, 5.74) is 0. The number of nitrogens with zero attached hydrogens (tertiary/aromatic N) is 3. The lowest BCUT2D eigenvalue weighted by molar-refractivity contribution is -0.156. The van der Waals surface area contributed by atoms with E-state index < -0.39 is 0 Å². The zero-order valence-corrected chi connectivity index (χ0v) is 13.1. The Bertz CT molecular complexity index is 370. The summed E-state index contributed by atoms with van der Waals surface area (Å²) in [6.07, 6.45) is 3.08. The normalized spacial score (nSPS) is 27.8. The quantitative estimate of drug-likeness (QED) is 0.724. The van der Waals surface area contributed by atoms with Gasteiger partial charge in [0.2, 0.25) is 0 Å². The summed E-state index contributed by atoms with van der Waals surface area (Å²) in [4.78, 5) is 30.5. The molecule has 2 aliphatic heterocycles. The SMILES string of the molecule is CC1CCCC(C)N1C(=O)C(=O)N1CCN(CCO)CC1. The first-order valence-corrected chi connectivity index (χ1v) is 7.99. The Morgan fingerprint density at radius 2 is 1.57 bits per heavy atom. The highest BCUT2D eigenvalue weighted by Crippen LogP contribution is 2.23. The topological polar surface area (TPSA) is 64.1 Å². The molecule has 2 fully saturated rings. The maximum absolute atomic E-state index is 12.5. The second-order valence-corrected chi connectivity index (χ2v) is 6.20. The maximum Gasteiger partial charge on any atom is 0.312 e. The highest BCUT2D eigenvalue weighted by molar-refractivity contribution is 6.35. The molecule has 0 aliphatic carbocycles. The summed E-state index contributed by atoms with van der Waals surface area (Å²) in [5, 5.41) is 8.93. The van der Waals surface area contributed by atoms with Crippen LogP contribution in [0.2, 0.25) is 0 Å². The van der Waals surface area contributed by atoms with Crippen LogP contribution in [0.3, 0.4) is 0 Å². The Balaban J connectivity index is 1.92. The lowest BCUT2D eigenvalue weighted by Gasteiger charge is -2.40.